The number of allylic oxidation sites excluding steroid dienone is 2. The van der Waals surface area contributed by atoms with Gasteiger partial charge in [-0.05, 0) is 39.2 Å². The molecule has 1 aliphatic heterocycles. The zero-order chi connectivity index (χ0) is 21.9. The monoisotopic (exact) mass is 404 g/mol. The maximum Gasteiger partial charge on any atom is 0.334 e. The number of hydrogen-bond acceptors (Lipinski definition) is 7. The maximum atomic E-state index is 12.9. The van der Waals surface area contributed by atoms with Gasteiger partial charge >= 0.3 is 17.9 Å². The first kappa shape index (κ1) is 22.6. The summed E-state index contributed by atoms with van der Waals surface area (Å²) in [5.74, 6) is -2.94. The van der Waals surface area contributed by atoms with E-state index in [1.165, 1.54) is 19.9 Å². The van der Waals surface area contributed by atoms with Gasteiger partial charge in [-0.2, -0.15) is 0 Å². The summed E-state index contributed by atoms with van der Waals surface area (Å²) in [6.45, 7) is 11.7. The minimum Gasteiger partial charge on any atom is -0.458 e. The van der Waals surface area contributed by atoms with E-state index in [1.807, 2.05) is 6.92 Å². The number of ether oxygens (including phenoxy) is 3. The Morgan fingerprint density at radius 2 is 1.97 bits per heavy atom. The third-order valence-electron chi connectivity index (χ3n) is 5.40. The third kappa shape index (κ3) is 5.02. The van der Waals surface area contributed by atoms with Gasteiger partial charge in [0.1, 0.15) is 12.2 Å². The van der Waals surface area contributed by atoms with Crippen molar-refractivity contribution in [1.29, 1.82) is 0 Å². The fourth-order valence-electron chi connectivity index (χ4n) is 3.66. The maximum absolute atomic E-state index is 12.9. The molecule has 0 aromatic heterocycles. The number of esters is 3. The number of carbonyl (C=O) groups excluding carboxylic acids is 4. The SMILES string of the molecule is C=C1C(=O)OC2CC(C)C=CC(=O)C(C)(OC(C)=O)CC(OC(=O)C(C)=CC)C12. The molecule has 0 radical (unpaired) electrons. The molecule has 29 heavy (non-hydrogen) atoms. The summed E-state index contributed by atoms with van der Waals surface area (Å²) in [5, 5.41) is 0. The van der Waals surface area contributed by atoms with Gasteiger partial charge in [-0.3, -0.25) is 9.59 Å². The number of fused-ring (bicyclic) bond motifs is 1. The summed E-state index contributed by atoms with van der Waals surface area (Å²) < 4.78 is 16.6. The van der Waals surface area contributed by atoms with Crippen molar-refractivity contribution in [3.05, 3.63) is 36.0 Å². The van der Waals surface area contributed by atoms with E-state index < -0.39 is 47.4 Å². The van der Waals surface area contributed by atoms with Gasteiger partial charge in [-0.1, -0.05) is 25.7 Å². The minimum absolute atomic E-state index is 0.0987. The van der Waals surface area contributed by atoms with Crippen molar-refractivity contribution in [2.24, 2.45) is 11.8 Å². The van der Waals surface area contributed by atoms with E-state index >= 15 is 0 Å². The lowest BCUT2D eigenvalue weighted by Gasteiger charge is -2.35. The van der Waals surface area contributed by atoms with Crippen molar-refractivity contribution >= 4 is 23.7 Å². The Morgan fingerprint density at radius 1 is 1.31 bits per heavy atom. The molecule has 5 atom stereocenters. The van der Waals surface area contributed by atoms with Crippen molar-refractivity contribution in [2.75, 3.05) is 0 Å². The molecule has 0 aromatic rings. The molecule has 7 nitrogen and oxygen atoms in total. The summed E-state index contributed by atoms with van der Waals surface area (Å²) in [6, 6.07) is 0. The van der Waals surface area contributed by atoms with Crippen LogP contribution >= 0.6 is 0 Å². The normalized spacial score (nSPS) is 33.0. The van der Waals surface area contributed by atoms with E-state index in [-0.39, 0.29) is 17.9 Å². The van der Waals surface area contributed by atoms with Crippen LogP contribution in [0.25, 0.3) is 0 Å². The second kappa shape index (κ2) is 8.76. The van der Waals surface area contributed by atoms with E-state index in [1.54, 1.807) is 26.0 Å². The topological polar surface area (TPSA) is 96.0 Å². The van der Waals surface area contributed by atoms with Crippen molar-refractivity contribution in [2.45, 2.75) is 65.3 Å². The van der Waals surface area contributed by atoms with Crippen LogP contribution in [0.2, 0.25) is 0 Å². The molecule has 0 spiro atoms. The molecule has 0 bridgehead atoms. The fourth-order valence-corrected chi connectivity index (χ4v) is 3.66. The molecule has 2 rings (SSSR count). The summed E-state index contributed by atoms with van der Waals surface area (Å²) in [4.78, 5) is 49.3. The average molecular weight is 404 g/mol. The van der Waals surface area contributed by atoms with Gasteiger partial charge in [0.2, 0.25) is 0 Å². The molecule has 1 aliphatic carbocycles. The van der Waals surface area contributed by atoms with Crippen LogP contribution in [0.1, 0.15) is 47.5 Å². The lowest BCUT2D eigenvalue weighted by Crippen LogP contribution is -2.47. The molecule has 0 saturated carbocycles. The highest BCUT2D eigenvalue weighted by Crippen LogP contribution is 2.39. The van der Waals surface area contributed by atoms with Crippen LogP contribution in [0.3, 0.4) is 0 Å². The molecule has 1 saturated heterocycles. The van der Waals surface area contributed by atoms with Gasteiger partial charge in [0.15, 0.2) is 11.4 Å². The van der Waals surface area contributed by atoms with Crippen molar-refractivity contribution in [3.63, 3.8) is 0 Å². The number of carbonyl (C=O) groups is 4. The highest BCUT2D eigenvalue weighted by Gasteiger charge is 2.50. The quantitative estimate of drug-likeness (QED) is 0.405. The Balaban J connectivity index is 2.54. The summed E-state index contributed by atoms with van der Waals surface area (Å²) in [6.07, 6.45) is 3.50. The Kier molecular flexibility index (Phi) is 6.82. The Labute approximate surface area is 170 Å². The van der Waals surface area contributed by atoms with E-state index in [2.05, 4.69) is 6.58 Å². The van der Waals surface area contributed by atoms with Crippen LogP contribution in [0.5, 0.6) is 0 Å². The molecule has 7 heteroatoms. The molecule has 0 amide bonds. The molecule has 0 aromatic carbocycles. The highest BCUT2D eigenvalue weighted by atomic mass is 16.6. The van der Waals surface area contributed by atoms with E-state index in [0.717, 1.165) is 0 Å². The molecule has 2 aliphatic rings. The van der Waals surface area contributed by atoms with Gasteiger partial charge in [0.25, 0.3) is 0 Å². The molecule has 1 fully saturated rings. The summed E-state index contributed by atoms with van der Waals surface area (Å²) in [5.41, 5.74) is -1.01. The van der Waals surface area contributed by atoms with Crippen molar-refractivity contribution < 1.29 is 33.4 Å². The highest BCUT2D eigenvalue weighted by molar-refractivity contribution is 5.98. The lowest BCUT2D eigenvalue weighted by atomic mass is 9.79. The lowest BCUT2D eigenvalue weighted by molar-refractivity contribution is -0.169. The smallest absolute Gasteiger partial charge is 0.334 e. The van der Waals surface area contributed by atoms with Crippen LogP contribution in [-0.2, 0) is 33.4 Å². The van der Waals surface area contributed by atoms with Gasteiger partial charge in [-0.15, -0.1) is 0 Å². The number of rotatable bonds is 3. The van der Waals surface area contributed by atoms with Crippen LogP contribution < -0.4 is 0 Å². The van der Waals surface area contributed by atoms with Crippen LogP contribution in [-0.4, -0.2) is 41.5 Å². The molecule has 0 N–H and O–H groups in total. The zero-order valence-corrected chi connectivity index (χ0v) is 17.5. The fraction of sp³-hybridized carbons (Fsp3) is 0.545. The van der Waals surface area contributed by atoms with Gasteiger partial charge in [-0.25, -0.2) is 9.59 Å². The predicted octanol–water partition coefficient (Wildman–Crippen LogP) is 2.84. The van der Waals surface area contributed by atoms with Crippen LogP contribution in [0.4, 0.5) is 0 Å². The second-order valence-electron chi connectivity index (χ2n) is 7.88. The van der Waals surface area contributed by atoms with Gasteiger partial charge in [0.05, 0.1) is 5.92 Å². The van der Waals surface area contributed by atoms with E-state index in [4.69, 9.17) is 14.2 Å². The average Bonchev–Trinajstić information content (AvgIpc) is 2.90. The summed E-state index contributed by atoms with van der Waals surface area (Å²) >= 11 is 0. The van der Waals surface area contributed by atoms with Crippen LogP contribution in [0.15, 0.2) is 36.0 Å². The first-order valence-corrected chi connectivity index (χ1v) is 9.64. The first-order chi connectivity index (χ1) is 13.5. The second-order valence-corrected chi connectivity index (χ2v) is 7.88. The molecule has 5 unspecified atom stereocenters. The first-order valence-electron chi connectivity index (χ1n) is 9.64. The predicted molar refractivity (Wildman–Crippen MR) is 105 cm³/mol. The van der Waals surface area contributed by atoms with E-state index in [9.17, 15) is 19.2 Å². The third-order valence-corrected chi connectivity index (χ3v) is 5.40. The van der Waals surface area contributed by atoms with Gasteiger partial charge in [0, 0.05) is 24.5 Å². The van der Waals surface area contributed by atoms with Crippen molar-refractivity contribution in [3.8, 4) is 0 Å². The molecular weight excluding hydrogens is 376 g/mol. The van der Waals surface area contributed by atoms with Gasteiger partial charge < -0.3 is 14.2 Å². The number of hydrogen-bond donors (Lipinski definition) is 0. The molecule has 158 valence electrons. The summed E-state index contributed by atoms with van der Waals surface area (Å²) in [7, 11) is 0. The minimum atomic E-state index is -1.56. The van der Waals surface area contributed by atoms with E-state index in [0.29, 0.717) is 12.0 Å². The zero-order valence-electron chi connectivity index (χ0n) is 17.5. The Hall–Kier alpha value is -2.70. The van der Waals surface area contributed by atoms with Crippen LogP contribution in [0, 0.1) is 11.8 Å². The van der Waals surface area contributed by atoms with Crippen molar-refractivity contribution in [1.82, 2.24) is 0 Å². The Morgan fingerprint density at radius 3 is 2.55 bits per heavy atom. The largest absolute Gasteiger partial charge is 0.458 e. The Bertz CT molecular complexity index is 791. The molecular formula is C22H28O7. The molecule has 1 heterocycles. The number of ketones is 1. The standard InChI is InChI=1S/C22H28O7/c1-7-13(3)20(25)28-17-11-22(6,29-15(5)23)18(24)9-8-12(2)10-16-19(17)14(4)21(26)27-16/h7-9,12,16-17,19H,4,10-11H2,1-3,5-6H3.